The van der Waals surface area contributed by atoms with Crippen LogP contribution < -0.4 is 5.32 Å². The van der Waals surface area contributed by atoms with Crippen molar-refractivity contribution in [2.75, 3.05) is 32.5 Å². The minimum atomic E-state index is -0.935. The van der Waals surface area contributed by atoms with Gasteiger partial charge in [-0.25, -0.2) is 8.78 Å². The average Bonchev–Trinajstić information content (AvgIpc) is 3.19. The summed E-state index contributed by atoms with van der Waals surface area (Å²) in [4.78, 5) is 32.4. The number of likely N-dealkylation sites (tertiary alicyclic amines) is 1. The number of hydrogen-bond donors (Lipinski definition) is 1. The van der Waals surface area contributed by atoms with Crippen LogP contribution in [0.4, 0.5) is 14.5 Å². The lowest BCUT2D eigenvalue weighted by molar-refractivity contribution is -0.116. The van der Waals surface area contributed by atoms with Gasteiger partial charge in [-0.3, -0.25) is 14.6 Å². The molecule has 0 saturated carbocycles. The first-order valence-electron chi connectivity index (χ1n) is 9.48. The van der Waals surface area contributed by atoms with Gasteiger partial charge in [0, 0.05) is 44.0 Å². The smallest absolute Gasteiger partial charge is 0.256 e. The Bertz CT molecular complexity index is 890. The van der Waals surface area contributed by atoms with Crippen molar-refractivity contribution in [2.45, 2.75) is 25.3 Å². The number of pyridine rings is 1. The Morgan fingerprint density at radius 1 is 1.21 bits per heavy atom. The highest BCUT2D eigenvalue weighted by molar-refractivity contribution is 5.97. The molecule has 1 aliphatic heterocycles. The second-order valence-electron chi connectivity index (χ2n) is 7.37. The van der Waals surface area contributed by atoms with E-state index in [2.05, 4.69) is 10.3 Å². The maximum atomic E-state index is 14.3. The number of nitrogens with one attached hydrogen (secondary N) is 1. The SMILES string of the molecule is CN(C)[C@H]1CCN(C(=O)c2cc(NC(=O)CCc3ccncc3)c(F)cc2F)C1. The van der Waals surface area contributed by atoms with E-state index in [0.29, 0.717) is 25.6 Å². The molecule has 0 unspecified atom stereocenters. The van der Waals surface area contributed by atoms with Crippen LogP contribution in [0.5, 0.6) is 0 Å². The molecule has 2 heterocycles. The number of amides is 2. The van der Waals surface area contributed by atoms with Crippen LogP contribution in [0.3, 0.4) is 0 Å². The zero-order valence-electron chi connectivity index (χ0n) is 16.5. The van der Waals surface area contributed by atoms with Crippen molar-refractivity contribution in [2.24, 2.45) is 0 Å². The van der Waals surface area contributed by atoms with Crippen LogP contribution in [0.25, 0.3) is 0 Å². The zero-order chi connectivity index (χ0) is 21.0. The number of aromatic nitrogens is 1. The van der Waals surface area contributed by atoms with Crippen molar-refractivity contribution in [1.29, 1.82) is 0 Å². The van der Waals surface area contributed by atoms with E-state index >= 15 is 0 Å². The van der Waals surface area contributed by atoms with Crippen molar-refractivity contribution in [3.8, 4) is 0 Å². The fourth-order valence-electron chi connectivity index (χ4n) is 3.35. The van der Waals surface area contributed by atoms with E-state index in [1.54, 1.807) is 29.4 Å². The van der Waals surface area contributed by atoms with Crippen molar-refractivity contribution >= 4 is 17.5 Å². The van der Waals surface area contributed by atoms with Crippen LogP contribution in [0.1, 0.15) is 28.8 Å². The Hall–Kier alpha value is -2.87. The molecule has 2 aromatic rings. The van der Waals surface area contributed by atoms with Gasteiger partial charge in [0.2, 0.25) is 5.91 Å². The number of carbonyl (C=O) groups excluding carboxylic acids is 2. The summed E-state index contributed by atoms with van der Waals surface area (Å²) < 4.78 is 28.4. The summed E-state index contributed by atoms with van der Waals surface area (Å²) in [5.74, 6) is -2.77. The molecule has 2 amide bonds. The van der Waals surface area contributed by atoms with E-state index in [1.807, 2.05) is 19.0 Å². The molecular weight excluding hydrogens is 378 g/mol. The van der Waals surface area contributed by atoms with E-state index in [9.17, 15) is 18.4 Å². The first-order valence-corrected chi connectivity index (χ1v) is 9.48. The second-order valence-corrected chi connectivity index (χ2v) is 7.37. The summed E-state index contributed by atoms with van der Waals surface area (Å²) in [6.45, 7) is 0.988. The van der Waals surface area contributed by atoms with Gasteiger partial charge in [-0.15, -0.1) is 0 Å². The van der Waals surface area contributed by atoms with Gasteiger partial charge < -0.3 is 15.1 Å². The van der Waals surface area contributed by atoms with Crippen molar-refractivity contribution in [1.82, 2.24) is 14.8 Å². The fraction of sp³-hybridized carbons (Fsp3) is 0.381. The number of nitrogens with zero attached hydrogens (tertiary/aromatic N) is 3. The van der Waals surface area contributed by atoms with E-state index < -0.39 is 23.4 Å². The molecule has 29 heavy (non-hydrogen) atoms. The number of anilines is 1. The zero-order valence-corrected chi connectivity index (χ0v) is 16.5. The number of likely N-dealkylation sites (N-methyl/N-ethyl adjacent to an activating group) is 1. The second kappa shape index (κ2) is 9.09. The van der Waals surface area contributed by atoms with Gasteiger partial charge in [-0.2, -0.15) is 0 Å². The summed E-state index contributed by atoms with van der Waals surface area (Å²) in [5.41, 5.74) is 0.489. The number of benzene rings is 1. The molecule has 1 atom stereocenters. The minimum absolute atomic E-state index is 0.126. The van der Waals surface area contributed by atoms with Crippen LogP contribution in [-0.4, -0.2) is 59.8 Å². The molecular formula is C21H24F2N4O2. The summed E-state index contributed by atoms with van der Waals surface area (Å²) in [6, 6.07) is 5.51. The lowest BCUT2D eigenvalue weighted by Crippen LogP contribution is -2.35. The normalized spacial score (nSPS) is 16.3. The number of hydrogen-bond acceptors (Lipinski definition) is 4. The van der Waals surface area contributed by atoms with Crippen LogP contribution in [0.2, 0.25) is 0 Å². The third kappa shape index (κ3) is 5.14. The Morgan fingerprint density at radius 3 is 2.59 bits per heavy atom. The molecule has 3 rings (SSSR count). The highest BCUT2D eigenvalue weighted by atomic mass is 19.1. The maximum Gasteiger partial charge on any atom is 0.256 e. The molecule has 8 heteroatoms. The molecule has 0 spiro atoms. The number of carbonyl (C=O) groups is 2. The predicted octanol–water partition coefficient (Wildman–Crippen LogP) is 2.71. The monoisotopic (exact) mass is 402 g/mol. The van der Waals surface area contributed by atoms with Crippen LogP contribution in [0.15, 0.2) is 36.7 Å². The third-order valence-corrected chi connectivity index (χ3v) is 5.13. The molecule has 1 saturated heterocycles. The molecule has 1 fully saturated rings. The molecule has 0 radical (unpaired) electrons. The Morgan fingerprint density at radius 2 is 1.93 bits per heavy atom. The molecule has 6 nitrogen and oxygen atoms in total. The number of aryl methyl sites for hydroxylation is 1. The molecule has 1 aliphatic rings. The van der Waals surface area contributed by atoms with E-state index in [0.717, 1.165) is 18.1 Å². The molecule has 1 aromatic carbocycles. The molecule has 0 bridgehead atoms. The third-order valence-electron chi connectivity index (χ3n) is 5.13. The lowest BCUT2D eigenvalue weighted by Gasteiger charge is -2.21. The van der Waals surface area contributed by atoms with Crippen LogP contribution in [-0.2, 0) is 11.2 Å². The Kier molecular flexibility index (Phi) is 6.53. The van der Waals surface area contributed by atoms with Gasteiger partial charge in [0.1, 0.15) is 11.6 Å². The van der Waals surface area contributed by atoms with E-state index in [4.69, 9.17) is 0 Å². The summed E-state index contributed by atoms with van der Waals surface area (Å²) in [5, 5.41) is 2.45. The first-order chi connectivity index (χ1) is 13.8. The Balaban J connectivity index is 1.68. The van der Waals surface area contributed by atoms with Crippen molar-refractivity contribution < 1.29 is 18.4 Å². The largest absolute Gasteiger partial charge is 0.337 e. The highest BCUT2D eigenvalue weighted by Crippen LogP contribution is 2.23. The molecule has 154 valence electrons. The molecule has 1 N–H and O–H groups in total. The number of halogens is 2. The highest BCUT2D eigenvalue weighted by Gasteiger charge is 2.30. The lowest BCUT2D eigenvalue weighted by atomic mass is 10.1. The van der Waals surface area contributed by atoms with Crippen LogP contribution in [0, 0.1) is 11.6 Å². The van der Waals surface area contributed by atoms with Crippen molar-refractivity contribution in [3.05, 3.63) is 59.4 Å². The van der Waals surface area contributed by atoms with Gasteiger partial charge in [0.15, 0.2) is 0 Å². The predicted molar refractivity (Wildman–Crippen MR) is 106 cm³/mol. The fourth-order valence-corrected chi connectivity index (χ4v) is 3.35. The first kappa shape index (κ1) is 20.9. The van der Waals surface area contributed by atoms with E-state index in [-0.39, 0.29) is 23.7 Å². The van der Waals surface area contributed by atoms with Gasteiger partial charge in [0.05, 0.1) is 11.3 Å². The summed E-state index contributed by atoms with van der Waals surface area (Å²) >= 11 is 0. The summed E-state index contributed by atoms with van der Waals surface area (Å²) in [6.07, 6.45) is 4.64. The Labute approximate surface area is 168 Å². The average molecular weight is 402 g/mol. The number of rotatable bonds is 6. The molecule has 0 aliphatic carbocycles. The maximum absolute atomic E-state index is 14.3. The van der Waals surface area contributed by atoms with Gasteiger partial charge in [-0.1, -0.05) is 0 Å². The van der Waals surface area contributed by atoms with Crippen LogP contribution >= 0.6 is 0 Å². The molecule has 1 aromatic heterocycles. The quantitative estimate of drug-likeness (QED) is 0.807. The van der Waals surface area contributed by atoms with E-state index in [1.165, 1.54) is 0 Å². The standard InChI is InChI=1S/C21H24F2N4O2/c1-26(2)15-7-10-27(13-15)21(29)16-11-19(18(23)12-17(16)22)25-20(28)4-3-14-5-8-24-9-6-14/h5-6,8-9,11-12,15H,3-4,7,10,13H2,1-2H3,(H,25,28)/t15-/m0/s1. The topological polar surface area (TPSA) is 65.5 Å². The summed E-state index contributed by atoms with van der Waals surface area (Å²) in [7, 11) is 3.85. The van der Waals surface area contributed by atoms with Gasteiger partial charge >= 0.3 is 0 Å². The van der Waals surface area contributed by atoms with Gasteiger partial charge in [-0.05, 0) is 50.7 Å². The van der Waals surface area contributed by atoms with Crippen molar-refractivity contribution in [3.63, 3.8) is 0 Å². The minimum Gasteiger partial charge on any atom is -0.337 e. The van der Waals surface area contributed by atoms with Gasteiger partial charge in [0.25, 0.3) is 5.91 Å².